The summed E-state index contributed by atoms with van der Waals surface area (Å²) in [6.45, 7) is 2.55. The number of halogens is 1. The van der Waals surface area contributed by atoms with Crippen LogP contribution in [0.3, 0.4) is 0 Å². The second-order valence-electron chi connectivity index (χ2n) is 7.47. The highest BCUT2D eigenvalue weighted by Gasteiger charge is 2.16. The lowest BCUT2D eigenvalue weighted by atomic mass is 10.1. The molecular weight excluding hydrogens is 426 g/mol. The molecule has 0 bridgehead atoms. The second kappa shape index (κ2) is 8.48. The van der Waals surface area contributed by atoms with Crippen molar-refractivity contribution in [2.75, 3.05) is 13.2 Å². The first-order valence-electron chi connectivity index (χ1n) is 10.3. The summed E-state index contributed by atoms with van der Waals surface area (Å²) in [5.41, 5.74) is 5.47. The molecule has 160 valence electrons. The van der Waals surface area contributed by atoms with E-state index in [1.165, 1.54) is 0 Å². The standard InChI is InChI=1S/C25H20ClN3O3/c1-16-5-4-6-19-23-25(28-21-8-3-2-7-20(21)27-23)29(24(16)19)13-14-31-22(30)15-32-18-11-9-17(26)10-12-18/h2-12H,13-15H2,1H3. The summed E-state index contributed by atoms with van der Waals surface area (Å²) >= 11 is 5.86. The van der Waals surface area contributed by atoms with Crippen LogP contribution < -0.4 is 4.74 Å². The highest BCUT2D eigenvalue weighted by Crippen LogP contribution is 2.30. The number of carbonyl (C=O) groups is 1. The summed E-state index contributed by atoms with van der Waals surface area (Å²) in [6.07, 6.45) is 0. The zero-order valence-electron chi connectivity index (χ0n) is 17.4. The van der Waals surface area contributed by atoms with E-state index >= 15 is 0 Å². The first-order valence-corrected chi connectivity index (χ1v) is 10.7. The summed E-state index contributed by atoms with van der Waals surface area (Å²) in [6, 6.07) is 20.8. The van der Waals surface area contributed by atoms with E-state index in [0.29, 0.717) is 17.3 Å². The number of hydrogen-bond acceptors (Lipinski definition) is 5. The normalized spacial score (nSPS) is 11.3. The van der Waals surface area contributed by atoms with E-state index in [4.69, 9.17) is 31.0 Å². The number of aryl methyl sites for hydroxylation is 1. The molecule has 7 heteroatoms. The Morgan fingerprint density at radius 2 is 1.72 bits per heavy atom. The van der Waals surface area contributed by atoms with E-state index in [1.807, 2.05) is 30.3 Å². The first kappa shape index (κ1) is 20.3. The molecule has 0 fully saturated rings. The van der Waals surface area contributed by atoms with Gasteiger partial charge in [-0.1, -0.05) is 41.9 Å². The van der Waals surface area contributed by atoms with Crippen LogP contribution in [0, 0.1) is 6.92 Å². The number of esters is 1. The monoisotopic (exact) mass is 445 g/mol. The third-order valence-corrected chi connectivity index (χ3v) is 5.57. The van der Waals surface area contributed by atoms with Gasteiger partial charge in [0.2, 0.25) is 0 Å². The molecule has 0 radical (unpaired) electrons. The van der Waals surface area contributed by atoms with Gasteiger partial charge in [0.15, 0.2) is 12.3 Å². The molecule has 0 atom stereocenters. The van der Waals surface area contributed by atoms with Crippen LogP contribution in [0.5, 0.6) is 5.75 Å². The quantitative estimate of drug-likeness (QED) is 0.331. The van der Waals surface area contributed by atoms with Gasteiger partial charge in [-0.15, -0.1) is 0 Å². The Morgan fingerprint density at radius 1 is 0.969 bits per heavy atom. The average Bonchev–Trinajstić information content (AvgIpc) is 3.11. The first-order chi connectivity index (χ1) is 15.6. The largest absolute Gasteiger partial charge is 0.482 e. The van der Waals surface area contributed by atoms with Gasteiger partial charge in [0.25, 0.3) is 0 Å². The Labute approximate surface area is 189 Å². The SMILES string of the molecule is Cc1cccc2c3nc4ccccc4nc3n(CCOC(=O)COc3ccc(Cl)cc3)c12. The molecule has 3 aromatic carbocycles. The number of aromatic nitrogens is 3. The van der Waals surface area contributed by atoms with Crippen LogP contribution in [0.15, 0.2) is 66.7 Å². The maximum absolute atomic E-state index is 12.2. The fraction of sp³-hybridized carbons (Fsp3) is 0.160. The van der Waals surface area contributed by atoms with Crippen molar-refractivity contribution >= 4 is 50.7 Å². The van der Waals surface area contributed by atoms with E-state index in [1.54, 1.807) is 24.3 Å². The molecule has 32 heavy (non-hydrogen) atoms. The molecule has 0 aliphatic heterocycles. The van der Waals surface area contributed by atoms with E-state index in [0.717, 1.165) is 38.7 Å². The van der Waals surface area contributed by atoms with Crippen LogP contribution in [0.4, 0.5) is 0 Å². The fourth-order valence-corrected chi connectivity index (χ4v) is 3.98. The van der Waals surface area contributed by atoms with Gasteiger partial charge in [-0.25, -0.2) is 14.8 Å². The van der Waals surface area contributed by atoms with Crippen molar-refractivity contribution in [1.82, 2.24) is 14.5 Å². The Balaban J connectivity index is 1.37. The van der Waals surface area contributed by atoms with Crippen molar-refractivity contribution < 1.29 is 14.3 Å². The molecule has 2 aromatic heterocycles. The van der Waals surface area contributed by atoms with E-state index < -0.39 is 5.97 Å². The Bertz CT molecular complexity index is 1440. The van der Waals surface area contributed by atoms with Crippen LogP contribution in [-0.4, -0.2) is 33.7 Å². The fourth-order valence-electron chi connectivity index (χ4n) is 3.86. The van der Waals surface area contributed by atoms with Crippen LogP contribution in [0.2, 0.25) is 5.02 Å². The zero-order valence-corrected chi connectivity index (χ0v) is 18.2. The van der Waals surface area contributed by atoms with Crippen molar-refractivity contribution in [2.45, 2.75) is 13.5 Å². The molecule has 5 aromatic rings. The second-order valence-corrected chi connectivity index (χ2v) is 7.91. The smallest absolute Gasteiger partial charge is 0.344 e. The summed E-state index contributed by atoms with van der Waals surface area (Å²) in [4.78, 5) is 21.9. The predicted molar refractivity (Wildman–Crippen MR) is 125 cm³/mol. The van der Waals surface area contributed by atoms with Gasteiger partial charge in [0.1, 0.15) is 17.9 Å². The highest BCUT2D eigenvalue weighted by molar-refractivity contribution is 6.30. The summed E-state index contributed by atoms with van der Waals surface area (Å²) in [7, 11) is 0. The topological polar surface area (TPSA) is 66.2 Å². The molecule has 6 nitrogen and oxygen atoms in total. The van der Waals surface area contributed by atoms with Gasteiger partial charge in [-0.3, -0.25) is 0 Å². The highest BCUT2D eigenvalue weighted by atomic mass is 35.5. The van der Waals surface area contributed by atoms with Crippen LogP contribution >= 0.6 is 11.6 Å². The van der Waals surface area contributed by atoms with Crippen molar-refractivity contribution in [3.63, 3.8) is 0 Å². The van der Waals surface area contributed by atoms with E-state index in [-0.39, 0.29) is 13.2 Å². The molecule has 0 aliphatic rings. The number of carbonyl (C=O) groups excluding carboxylic acids is 1. The number of rotatable bonds is 6. The Kier molecular flexibility index (Phi) is 5.37. The lowest BCUT2D eigenvalue weighted by molar-refractivity contribution is -0.146. The molecule has 0 aliphatic carbocycles. The van der Waals surface area contributed by atoms with Gasteiger partial charge in [-0.2, -0.15) is 0 Å². The van der Waals surface area contributed by atoms with Crippen molar-refractivity contribution in [3.05, 3.63) is 77.3 Å². The number of ether oxygens (including phenoxy) is 2. The van der Waals surface area contributed by atoms with E-state index in [2.05, 4.69) is 23.6 Å². The van der Waals surface area contributed by atoms with Gasteiger partial charge < -0.3 is 14.0 Å². The minimum atomic E-state index is -0.436. The Morgan fingerprint density at radius 3 is 2.50 bits per heavy atom. The number of para-hydroxylation sites is 3. The zero-order chi connectivity index (χ0) is 22.1. The van der Waals surface area contributed by atoms with Gasteiger partial charge >= 0.3 is 5.97 Å². The maximum Gasteiger partial charge on any atom is 0.344 e. The molecule has 0 amide bonds. The van der Waals surface area contributed by atoms with Crippen LogP contribution in [0.25, 0.3) is 33.1 Å². The van der Waals surface area contributed by atoms with Crippen molar-refractivity contribution in [2.24, 2.45) is 0 Å². The van der Waals surface area contributed by atoms with Crippen molar-refractivity contribution in [1.29, 1.82) is 0 Å². The van der Waals surface area contributed by atoms with Gasteiger partial charge in [0, 0.05) is 10.4 Å². The molecule has 0 N–H and O–H groups in total. The molecule has 0 saturated carbocycles. The molecule has 2 heterocycles. The molecule has 5 rings (SSSR count). The van der Waals surface area contributed by atoms with E-state index in [9.17, 15) is 4.79 Å². The third-order valence-electron chi connectivity index (χ3n) is 5.32. The Hall–Kier alpha value is -3.64. The third kappa shape index (κ3) is 3.85. The summed E-state index contributed by atoms with van der Waals surface area (Å²) in [5, 5.41) is 1.65. The minimum Gasteiger partial charge on any atom is -0.482 e. The van der Waals surface area contributed by atoms with Crippen molar-refractivity contribution in [3.8, 4) is 5.75 Å². The van der Waals surface area contributed by atoms with Crippen LogP contribution in [-0.2, 0) is 16.1 Å². The molecule has 0 spiro atoms. The number of fused-ring (bicyclic) bond motifs is 4. The van der Waals surface area contributed by atoms with Crippen LogP contribution in [0.1, 0.15) is 5.56 Å². The average molecular weight is 446 g/mol. The lowest BCUT2D eigenvalue weighted by Gasteiger charge is -2.10. The number of hydrogen-bond donors (Lipinski definition) is 0. The lowest BCUT2D eigenvalue weighted by Crippen LogP contribution is -2.18. The van der Waals surface area contributed by atoms with Gasteiger partial charge in [0.05, 0.1) is 23.1 Å². The van der Waals surface area contributed by atoms with Gasteiger partial charge in [-0.05, 0) is 48.9 Å². The number of benzene rings is 3. The molecule has 0 saturated heterocycles. The molecular formula is C25H20ClN3O3. The summed E-state index contributed by atoms with van der Waals surface area (Å²) in [5.74, 6) is 0.125. The molecule has 0 unspecified atom stereocenters. The summed E-state index contributed by atoms with van der Waals surface area (Å²) < 4.78 is 13.0. The predicted octanol–water partition coefficient (Wildman–Crippen LogP) is 5.32. The minimum absolute atomic E-state index is 0.168. The maximum atomic E-state index is 12.2. The number of nitrogens with zero attached hydrogens (tertiary/aromatic N) is 3.